The number of hydrogen-bond donors (Lipinski definition) is 2. The van der Waals surface area contributed by atoms with Gasteiger partial charge in [-0.2, -0.15) is 0 Å². The summed E-state index contributed by atoms with van der Waals surface area (Å²) in [4.78, 5) is 13.1. The average molecular weight is 435 g/mol. The van der Waals surface area contributed by atoms with E-state index < -0.39 is 15.4 Å². The average Bonchev–Trinajstić information content (AvgIpc) is 3.57. The minimum atomic E-state index is -3.68. The molecule has 0 atom stereocenters. The van der Waals surface area contributed by atoms with Crippen molar-refractivity contribution in [1.82, 2.24) is 5.32 Å². The van der Waals surface area contributed by atoms with Crippen LogP contribution in [-0.4, -0.2) is 14.3 Å². The number of aryl methyl sites for hydroxylation is 2. The minimum Gasteiger partial charge on any atom is -0.351 e. The van der Waals surface area contributed by atoms with Crippen LogP contribution in [0.5, 0.6) is 0 Å². The highest BCUT2D eigenvalue weighted by molar-refractivity contribution is 7.92. The van der Waals surface area contributed by atoms with Crippen molar-refractivity contribution in [3.05, 3.63) is 95.1 Å². The van der Waals surface area contributed by atoms with E-state index in [1.54, 1.807) is 31.2 Å². The predicted octanol–water partition coefficient (Wildman–Crippen LogP) is 4.45. The van der Waals surface area contributed by atoms with Gasteiger partial charge in [-0.1, -0.05) is 54.6 Å². The molecule has 3 aromatic carbocycles. The Morgan fingerprint density at radius 3 is 2.26 bits per heavy atom. The summed E-state index contributed by atoms with van der Waals surface area (Å²) in [6, 6.07) is 22.3. The molecular weight excluding hydrogens is 408 g/mol. The first-order chi connectivity index (χ1) is 14.8. The lowest BCUT2D eigenvalue weighted by molar-refractivity contribution is -0.123. The second-order valence-corrected chi connectivity index (χ2v) is 9.85. The fraction of sp³-hybridized carbons (Fsp3) is 0.240. The highest BCUT2D eigenvalue weighted by Crippen LogP contribution is 2.48. The van der Waals surface area contributed by atoms with Gasteiger partial charge < -0.3 is 5.32 Å². The zero-order valence-corrected chi connectivity index (χ0v) is 18.5. The van der Waals surface area contributed by atoms with E-state index in [1.807, 2.05) is 55.5 Å². The summed E-state index contributed by atoms with van der Waals surface area (Å²) in [7, 11) is -3.68. The molecule has 31 heavy (non-hydrogen) atoms. The molecule has 1 fully saturated rings. The van der Waals surface area contributed by atoms with Crippen molar-refractivity contribution in [2.45, 2.75) is 43.5 Å². The normalized spacial score (nSPS) is 14.6. The fourth-order valence-corrected chi connectivity index (χ4v) is 5.17. The molecule has 0 aliphatic heterocycles. The van der Waals surface area contributed by atoms with Crippen LogP contribution in [0, 0.1) is 13.8 Å². The van der Waals surface area contributed by atoms with Gasteiger partial charge in [-0.05, 0) is 67.1 Å². The summed E-state index contributed by atoms with van der Waals surface area (Å²) in [5.74, 6) is 0.0140. The maximum absolute atomic E-state index is 12.8. The van der Waals surface area contributed by atoms with Crippen molar-refractivity contribution in [2.24, 2.45) is 0 Å². The van der Waals surface area contributed by atoms with Gasteiger partial charge in [-0.3, -0.25) is 9.52 Å². The van der Waals surface area contributed by atoms with Crippen molar-refractivity contribution in [3.8, 4) is 0 Å². The molecule has 4 rings (SSSR count). The van der Waals surface area contributed by atoms with Gasteiger partial charge in [0.2, 0.25) is 5.91 Å². The summed E-state index contributed by atoms with van der Waals surface area (Å²) >= 11 is 0. The Morgan fingerprint density at radius 2 is 1.61 bits per heavy atom. The molecule has 0 spiro atoms. The van der Waals surface area contributed by atoms with Gasteiger partial charge in [0.15, 0.2) is 0 Å². The molecule has 1 saturated carbocycles. The molecule has 3 aromatic rings. The van der Waals surface area contributed by atoms with Crippen LogP contribution in [0.25, 0.3) is 0 Å². The zero-order chi connectivity index (χ0) is 22.1. The lowest BCUT2D eigenvalue weighted by atomic mass is 9.94. The molecule has 0 heterocycles. The highest BCUT2D eigenvalue weighted by atomic mass is 32.2. The Kier molecular flexibility index (Phi) is 5.58. The summed E-state index contributed by atoms with van der Waals surface area (Å²) < 4.78 is 28.3. The topological polar surface area (TPSA) is 75.3 Å². The zero-order valence-electron chi connectivity index (χ0n) is 17.7. The summed E-state index contributed by atoms with van der Waals surface area (Å²) in [6.45, 7) is 4.14. The lowest BCUT2D eigenvalue weighted by Crippen LogP contribution is -2.34. The molecule has 0 unspecified atom stereocenters. The Labute approximate surface area is 183 Å². The van der Waals surface area contributed by atoms with Crippen LogP contribution in [0.15, 0.2) is 77.7 Å². The molecule has 0 radical (unpaired) electrons. The second-order valence-electron chi connectivity index (χ2n) is 8.20. The van der Waals surface area contributed by atoms with Crippen LogP contribution in [0.3, 0.4) is 0 Å². The smallest absolute Gasteiger partial charge is 0.262 e. The third kappa shape index (κ3) is 4.49. The molecule has 6 heteroatoms. The summed E-state index contributed by atoms with van der Waals surface area (Å²) in [5, 5.41) is 3.04. The maximum atomic E-state index is 12.8. The van der Waals surface area contributed by atoms with E-state index in [-0.39, 0.29) is 10.8 Å². The number of rotatable bonds is 7. The SMILES string of the molecule is Cc1ccc(C)c(S(=O)(=O)Nc2ccc(C3(C(=O)NCc4ccccc4)CC3)cc2)c1. The predicted molar refractivity (Wildman–Crippen MR) is 122 cm³/mol. The first-order valence-corrected chi connectivity index (χ1v) is 11.8. The summed E-state index contributed by atoms with van der Waals surface area (Å²) in [5.41, 5.74) is 3.51. The first-order valence-electron chi connectivity index (χ1n) is 10.3. The van der Waals surface area contributed by atoms with Crippen LogP contribution < -0.4 is 10.0 Å². The van der Waals surface area contributed by atoms with Crippen molar-refractivity contribution in [3.63, 3.8) is 0 Å². The number of benzene rings is 3. The third-order valence-corrected chi connectivity index (χ3v) is 7.33. The molecule has 1 aliphatic rings. The molecule has 0 aromatic heterocycles. The number of amides is 1. The third-order valence-electron chi connectivity index (χ3n) is 5.80. The van der Waals surface area contributed by atoms with E-state index in [0.29, 0.717) is 17.8 Å². The molecular formula is C25H26N2O3S. The van der Waals surface area contributed by atoms with E-state index in [2.05, 4.69) is 10.0 Å². The van der Waals surface area contributed by atoms with Crippen LogP contribution in [-0.2, 0) is 26.8 Å². The van der Waals surface area contributed by atoms with Gasteiger partial charge in [0.05, 0.1) is 10.3 Å². The van der Waals surface area contributed by atoms with Crippen LogP contribution in [0.4, 0.5) is 5.69 Å². The van der Waals surface area contributed by atoms with Gasteiger partial charge in [0, 0.05) is 12.2 Å². The van der Waals surface area contributed by atoms with Crippen molar-refractivity contribution in [2.75, 3.05) is 4.72 Å². The molecule has 1 amide bonds. The first kappa shape index (κ1) is 21.1. The summed E-state index contributed by atoms with van der Waals surface area (Å²) in [6.07, 6.45) is 1.59. The highest BCUT2D eigenvalue weighted by Gasteiger charge is 2.51. The van der Waals surface area contributed by atoms with Crippen molar-refractivity contribution < 1.29 is 13.2 Å². The molecule has 160 valence electrons. The van der Waals surface area contributed by atoms with Gasteiger partial charge in [-0.15, -0.1) is 0 Å². The lowest BCUT2D eigenvalue weighted by Gasteiger charge is -2.17. The Morgan fingerprint density at radius 1 is 0.935 bits per heavy atom. The molecule has 0 bridgehead atoms. The van der Waals surface area contributed by atoms with Gasteiger partial charge in [0.1, 0.15) is 0 Å². The Balaban J connectivity index is 1.46. The molecule has 5 nitrogen and oxygen atoms in total. The van der Waals surface area contributed by atoms with Crippen LogP contribution in [0.2, 0.25) is 0 Å². The number of carbonyl (C=O) groups is 1. The minimum absolute atomic E-state index is 0.0140. The Hall–Kier alpha value is -3.12. The number of sulfonamides is 1. The number of carbonyl (C=O) groups excluding carboxylic acids is 1. The van der Waals surface area contributed by atoms with E-state index in [0.717, 1.165) is 29.5 Å². The van der Waals surface area contributed by atoms with Gasteiger partial charge in [0.25, 0.3) is 10.0 Å². The van der Waals surface area contributed by atoms with Crippen molar-refractivity contribution in [1.29, 1.82) is 0 Å². The van der Waals surface area contributed by atoms with Crippen LogP contribution in [0.1, 0.15) is 35.1 Å². The standard InChI is InChI=1S/C25H26N2O3S/c1-18-8-9-19(2)23(16-18)31(29,30)27-22-12-10-21(11-13-22)25(14-15-25)24(28)26-17-20-6-4-3-5-7-20/h3-13,16,27H,14-15,17H2,1-2H3,(H,26,28). The number of nitrogens with one attached hydrogen (secondary N) is 2. The maximum Gasteiger partial charge on any atom is 0.262 e. The van der Waals surface area contributed by atoms with Crippen LogP contribution >= 0.6 is 0 Å². The van der Waals surface area contributed by atoms with Crippen molar-refractivity contribution >= 4 is 21.6 Å². The second kappa shape index (κ2) is 8.19. The largest absolute Gasteiger partial charge is 0.351 e. The molecule has 0 saturated heterocycles. The van der Waals surface area contributed by atoms with E-state index in [9.17, 15) is 13.2 Å². The van der Waals surface area contributed by atoms with E-state index >= 15 is 0 Å². The number of hydrogen-bond acceptors (Lipinski definition) is 3. The molecule has 1 aliphatic carbocycles. The molecule has 2 N–H and O–H groups in total. The van der Waals surface area contributed by atoms with E-state index in [4.69, 9.17) is 0 Å². The number of anilines is 1. The van der Waals surface area contributed by atoms with Gasteiger partial charge >= 0.3 is 0 Å². The van der Waals surface area contributed by atoms with Gasteiger partial charge in [-0.25, -0.2) is 8.42 Å². The quantitative estimate of drug-likeness (QED) is 0.577. The fourth-order valence-electron chi connectivity index (χ4n) is 3.78. The van der Waals surface area contributed by atoms with E-state index in [1.165, 1.54) is 0 Å². The monoisotopic (exact) mass is 434 g/mol. The Bertz CT molecular complexity index is 1200.